The van der Waals surface area contributed by atoms with E-state index in [2.05, 4.69) is 53.0 Å². The highest BCUT2D eigenvalue weighted by Gasteiger charge is 2.47. The fraction of sp³-hybridized carbons (Fsp3) is 0.296. The molecular formula is C27H27N5O2. The van der Waals surface area contributed by atoms with E-state index in [1.165, 1.54) is 17.5 Å². The van der Waals surface area contributed by atoms with Crippen molar-refractivity contribution >= 4 is 11.6 Å². The molecular weight excluding hydrogens is 426 g/mol. The fourth-order valence-electron chi connectivity index (χ4n) is 5.10. The highest BCUT2D eigenvalue weighted by atomic mass is 16.5. The lowest BCUT2D eigenvalue weighted by Gasteiger charge is -2.34. The number of nitrogens with zero attached hydrogens (tertiary/aromatic N) is 4. The number of hydrogen-bond acceptors (Lipinski definition) is 7. The first-order valence-electron chi connectivity index (χ1n) is 11.7. The number of rotatable bonds is 3. The second-order valence-corrected chi connectivity index (χ2v) is 9.32. The zero-order valence-electron chi connectivity index (χ0n) is 19.4. The highest BCUT2D eigenvalue weighted by Crippen LogP contribution is 2.52. The topological polar surface area (TPSA) is 85.9 Å². The number of fused-ring (bicyclic) bond motifs is 4. The molecule has 6 rings (SSSR count). The van der Waals surface area contributed by atoms with Gasteiger partial charge in [-0.25, -0.2) is 15.0 Å². The summed E-state index contributed by atoms with van der Waals surface area (Å²) in [6.07, 6.45) is 8.49. The third kappa shape index (κ3) is 3.35. The zero-order chi connectivity index (χ0) is 23.3. The lowest BCUT2D eigenvalue weighted by atomic mass is 9.79. The third-order valence-electron chi connectivity index (χ3n) is 7.04. The van der Waals surface area contributed by atoms with Crippen molar-refractivity contribution in [1.82, 2.24) is 14.9 Å². The van der Waals surface area contributed by atoms with E-state index in [9.17, 15) is 0 Å². The number of aromatic nitrogens is 2. The molecule has 2 N–H and O–H groups in total. The Morgan fingerprint density at radius 2 is 1.68 bits per heavy atom. The molecule has 0 unspecified atom stereocenters. The molecule has 0 radical (unpaired) electrons. The molecule has 0 aliphatic carbocycles. The predicted octanol–water partition coefficient (Wildman–Crippen LogP) is 4.34. The van der Waals surface area contributed by atoms with Gasteiger partial charge in [0.25, 0.3) is 6.02 Å². The van der Waals surface area contributed by atoms with Gasteiger partial charge in [0.1, 0.15) is 24.4 Å². The van der Waals surface area contributed by atoms with E-state index in [4.69, 9.17) is 20.2 Å². The van der Waals surface area contributed by atoms with Crippen LogP contribution in [0.4, 0.5) is 0 Å². The van der Waals surface area contributed by atoms with Gasteiger partial charge in [0.2, 0.25) is 0 Å². The van der Waals surface area contributed by atoms with Crippen LogP contribution in [0.3, 0.4) is 0 Å². The maximum Gasteiger partial charge on any atom is 0.283 e. The molecule has 7 heteroatoms. The van der Waals surface area contributed by atoms with Gasteiger partial charge in [0.15, 0.2) is 5.54 Å². The quantitative estimate of drug-likeness (QED) is 0.635. The molecule has 172 valence electrons. The second kappa shape index (κ2) is 7.95. The third-order valence-corrected chi connectivity index (χ3v) is 7.04. The van der Waals surface area contributed by atoms with Gasteiger partial charge >= 0.3 is 0 Å². The largest absolute Gasteiger partial charge is 0.462 e. The maximum absolute atomic E-state index is 6.36. The Balaban J connectivity index is 1.46. The number of ether oxygens (including phenoxy) is 2. The molecule has 1 atom stereocenters. The maximum atomic E-state index is 6.36. The molecule has 0 saturated heterocycles. The van der Waals surface area contributed by atoms with Crippen molar-refractivity contribution in [2.24, 2.45) is 10.7 Å². The Labute approximate surface area is 199 Å². The van der Waals surface area contributed by atoms with E-state index in [0.29, 0.717) is 12.6 Å². The molecule has 3 aliphatic rings. The first kappa shape index (κ1) is 20.9. The van der Waals surface area contributed by atoms with Crippen LogP contribution in [0, 0.1) is 0 Å². The summed E-state index contributed by atoms with van der Waals surface area (Å²) < 4.78 is 12.1. The normalized spacial score (nSPS) is 21.4. The molecule has 0 bridgehead atoms. The van der Waals surface area contributed by atoms with Crippen molar-refractivity contribution < 1.29 is 9.47 Å². The molecule has 4 heterocycles. The van der Waals surface area contributed by atoms with Gasteiger partial charge < -0.3 is 15.2 Å². The van der Waals surface area contributed by atoms with Crippen LogP contribution >= 0.6 is 0 Å². The van der Waals surface area contributed by atoms with Crippen LogP contribution in [-0.4, -0.2) is 46.6 Å². The van der Waals surface area contributed by atoms with Crippen molar-refractivity contribution in [3.63, 3.8) is 0 Å². The lowest BCUT2D eigenvalue weighted by molar-refractivity contribution is 0.245. The summed E-state index contributed by atoms with van der Waals surface area (Å²) >= 11 is 0. The summed E-state index contributed by atoms with van der Waals surface area (Å²) in [7, 11) is 0. The second-order valence-electron chi connectivity index (χ2n) is 9.32. The zero-order valence-corrected chi connectivity index (χ0v) is 19.4. The Bertz CT molecular complexity index is 1320. The summed E-state index contributed by atoms with van der Waals surface area (Å²) in [5, 5.41) is 0. The van der Waals surface area contributed by atoms with E-state index in [-0.39, 0.29) is 6.02 Å². The van der Waals surface area contributed by atoms with Crippen LogP contribution in [0.5, 0.6) is 11.5 Å². The molecule has 0 saturated carbocycles. The fourth-order valence-corrected chi connectivity index (χ4v) is 5.10. The van der Waals surface area contributed by atoms with E-state index < -0.39 is 5.54 Å². The van der Waals surface area contributed by atoms with Crippen molar-refractivity contribution in [3.8, 4) is 22.6 Å². The molecule has 0 fully saturated rings. The van der Waals surface area contributed by atoms with Gasteiger partial charge in [0, 0.05) is 48.2 Å². The smallest absolute Gasteiger partial charge is 0.283 e. The standard InChI is InChI=1S/C27H27N5O2/c1-17(2)32-9-7-18(8-10-32)19-3-5-24-22(11-19)27(15-33-26(28)31-27)23-12-20(4-6-25(23)34-24)21-13-29-16-30-14-21/h3-7,11-14,16-17H,8-10,15H2,1-2H3,(H2,28,31)/t27-/m1/s1. The van der Waals surface area contributed by atoms with Crippen molar-refractivity contribution in [2.45, 2.75) is 31.8 Å². The van der Waals surface area contributed by atoms with E-state index in [1.54, 1.807) is 12.4 Å². The average Bonchev–Trinajstić information content (AvgIpc) is 3.26. The number of nitrogens with two attached hydrogens (primary N) is 1. The van der Waals surface area contributed by atoms with Crippen molar-refractivity contribution in [3.05, 3.63) is 77.9 Å². The summed E-state index contributed by atoms with van der Waals surface area (Å²) in [6.45, 7) is 6.84. The first-order valence-corrected chi connectivity index (χ1v) is 11.7. The van der Waals surface area contributed by atoms with Gasteiger partial charge in [-0.1, -0.05) is 18.2 Å². The van der Waals surface area contributed by atoms with Gasteiger partial charge in [0.05, 0.1) is 0 Å². The van der Waals surface area contributed by atoms with E-state index in [1.807, 2.05) is 18.2 Å². The van der Waals surface area contributed by atoms with Crippen LogP contribution in [0.2, 0.25) is 0 Å². The molecule has 3 aliphatic heterocycles. The van der Waals surface area contributed by atoms with E-state index in [0.717, 1.165) is 53.3 Å². The molecule has 7 nitrogen and oxygen atoms in total. The molecule has 1 spiro atoms. The van der Waals surface area contributed by atoms with Crippen LogP contribution < -0.4 is 10.5 Å². The molecule has 34 heavy (non-hydrogen) atoms. The first-order chi connectivity index (χ1) is 16.5. The molecule has 1 aromatic heterocycles. The van der Waals surface area contributed by atoms with Gasteiger partial charge in [-0.05, 0) is 61.2 Å². The Morgan fingerprint density at radius 3 is 2.29 bits per heavy atom. The SMILES string of the molecule is CC(C)N1CC=C(c2ccc3c(c2)[C@]2(COC(N)=N2)c2cc(-c4cncnc4)ccc2O3)CC1. The molecule has 0 amide bonds. The van der Waals surface area contributed by atoms with Gasteiger partial charge in [-0.3, -0.25) is 4.90 Å². The summed E-state index contributed by atoms with van der Waals surface area (Å²) in [6, 6.07) is 13.2. The summed E-state index contributed by atoms with van der Waals surface area (Å²) in [5.74, 6) is 1.54. The minimum absolute atomic E-state index is 0.196. The van der Waals surface area contributed by atoms with Crippen molar-refractivity contribution in [2.75, 3.05) is 19.7 Å². The van der Waals surface area contributed by atoms with Crippen LogP contribution in [0.1, 0.15) is 37.0 Å². The van der Waals surface area contributed by atoms with Gasteiger partial charge in [-0.15, -0.1) is 0 Å². The molecule has 3 aromatic rings. The van der Waals surface area contributed by atoms with Crippen molar-refractivity contribution in [1.29, 1.82) is 0 Å². The van der Waals surface area contributed by atoms with Crippen LogP contribution in [0.15, 0.2) is 66.2 Å². The highest BCUT2D eigenvalue weighted by molar-refractivity contribution is 5.79. The number of amidine groups is 1. The van der Waals surface area contributed by atoms with Gasteiger partial charge in [-0.2, -0.15) is 0 Å². The summed E-state index contributed by atoms with van der Waals surface area (Å²) in [5.41, 5.74) is 11.7. The molecule has 2 aromatic carbocycles. The number of aliphatic imine (C=N–C) groups is 1. The number of benzene rings is 2. The predicted molar refractivity (Wildman–Crippen MR) is 132 cm³/mol. The Hall–Kier alpha value is -3.71. The average molecular weight is 454 g/mol. The lowest BCUT2D eigenvalue weighted by Crippen LogP contribution is -2.34. The number of hydrogen-bond donors (Lipinski definition) is 1. The van der Waals surface area contributed by atoms with E-state index >= 15 is 0 Å². The monoisotopic (exact) mass is 453 g/mol. The minimum atomic E-state index is -0.756. The minimum Gasteiger partial charge on any atom is -0.462 e. The Morgan fingerprint density at radius 1 is 0.971 bits per heavy atom. The summed E-state index contributed by atoms with van der Waals surface area (Å²) in [4.78, 5) is 15.7. The van der Waals surface area contributed by atoms with Crippen LogP contribution in [-0.2, 0) is 10.3 Å². The van der Waals surface area contributed by atoms with Crippen LogP contribution in [0.25, 0.3) is 16.7 Å². The Kier molecular flexibility index (Phi) is 4.88.